The summed E-state index contributed by atoms with van der Waals surface area (Å²) < 4.78 is 1.74. The summed E-state index contributed by atoms with van der Waals surface area (Å²) in [6.07, 6.45) is 7.01. The lowest BCUT2D eigenvalue weighted by molar-refractivity contribution is 0.577. The summed E-state index contributed by atoms with van der Waals surface area (Å²) in [6, 6.07) is 18.0. The molecular weight excluding hydrogens is 412 g/mol. The summed E-state index contributed by atoms with van der Waals surface area (Å²) >= 11 is 0. The van der Waals surface area contributed by atoms with E-state index in [1.165, 1.54) is 6.42 Å². The third-order valence-electron chi connectivity index (χ3n) is 5.76. The van der Waals surface area contributed by atoms with Crippen LogP contribution in [-0.2, 0) is 0 Å². The van der Waals surface area contributed by atoms with E-state index in [9.17, 15) is 5.26 Å². The fourth-order valence-electron chi connectivity index (χ4n) is 4.06. The first-order valence-electron chi connectivity index (χ1n) is 11.1. The van der Waals surface area contributed by atoms with Crippen LogP contribution in [0.3, 0.4) is 0 Å². The van der Waals surface area contributed by atoms with E-state index in [0.29, 0.717) is 11.5 Å². The highest BCUT2D eigenvalue weighted by atomic mass is 15.3. The predicted octanol–water partition coefficient (Wildman–Crippen LogP) is 4.64. The number of aryl methyl sites for hydroxylation is 1. The van der Waals surface area contributed by atoms with Crippen LogP contribution in [0.2, 0.25) is 0 Å². The highest BCUT2D eigenvalue weighted by molar-refractivity contribution is 5.71. The molecule has 0 bridgehead atoms. The maximum Gasteiger partial charge on any atom is 0.227 e. The Bertz CT molecular complexity index is 1300. The number of hydrogen-bond acceptors (Lipinski definition) is 7. The Morgan fingerprint density at radius 2 is 1.79 bits per heavy atom. The zero-order valence-corrected chi connectivity index (χ0v) is 18.4. The predicted molar refractivity (Wildman–Crippen MR) is 128 cm³/mol. The molecule has 0 unspecified atom stereocenters. The number of nitriles is 1. The minimum Gasteiger partial charge on any atom is -0.370 e. The van der Waals surface area contributed by atoms with E-state index in [-0.39, 0.29) is 0 Å². The van der Waals surface area contributed by atoms with Gasteiger partial charge in [-0.2, -0.15) is 10.4 Å². The van der Waals surface area contributed by atoms with Crippen LogP contribution in [0.5, 0.6) is 0 Å². The Morgan fingerprint density at radius 1 is 0.970 bits per heavy atom. The van der Waals surface area contributed by atoms with E-state index in [4.69, 9.17) is 4.98 Å². The minimum atomic E-state index is 0.515. The lowest BCUT2D eigenvalue weighted by Gasteiger charge is -2.29. The van der Waals surface area contributed by atoms with Crippen molar-refractivity contribution < 1.29 is 0 Å². The van der Waals surface area contributed by atoms with E-state index in [1.54, 1.807) is 17.2 Å². The van der Waals surface area contributed by atoms with Crippen molar-refractivity contribution in [3.63, 3.8) is 0 Å². The van der Waals surface area contributed by atoms with E-state index in [1.807, 2.05) is 49.4 Å². The second-order valence-electron chi connectivity index (χ2n) is 8.07. The van der Waals surface area contributed by atoms with E-state index in [2.05, 4.69) is 37.4 Å². The van der Waals surface area contributed by atoms with Gasteiger partial charge < -0.3 is 10.2 Å². The van der Waals surface area contributed by atoms with Crippen LogP contribution in [-0.4, -0.2) is 37.8 Å². The van der Waals surface area contributed by atoms with Gasteiger partial charge in [-0.25, -0.2) is 19.6 Å². The highest BCUT2D eigenvalue weighted by Gasteiger charge is 2.16. The topological polar surface area (TPSA) is 95.5 Å². The van der Waals surface area contributed by atoms with Gasteiger partial charge in [-0.3, -0.25) is 0 Å². The molecule has 33 heavy (non-hydrogen) atoms. The molecule has 1 aliphatic heterocycles. The molecule has 8 nitrogen and oxygen atoms in total. The van der Waals surface area contributed by atoms with Crippen LogP contribution < -0.4 is 10.2 Å². The highest BCUT2D eigenvalue weighted by Crippen LogP contribution is 2.29. The Balaban J connectivity index is 1.37. The van der Waals surface area contributed by atoms with E-state index >= 15 is 0 Å². The van der Waals surface area contributed by atoms with Crippen molar-refractivity contribution in [3.05, 3.63) is 72.4 Å². The standard InChI is InChI=1S/C25H24N8/c1-18-28-17-33(31-18)22-9-7-21(8-10-22)29-25-27-12-11-23(30-25)19-5-6-20(16-26)24(15-19)32-13-3-2-4-14-32/h5-12,15,17H,2-4,13-14H2,1H3,(H,27,29,30). The fourth-order valence-corrected chi connectivity index (χ4v) is 4.06. The second-order valence-corrected chi connectivity index (χ2v) is 8.07. The number of nitrogens with zero attached hydrogens (tertiary/aromatic N) is 7. The summed E-state index contributed by atoms with van der Waals surface area (Å²) in [5.74, 6) is 1.24. The zero-order chi connectivity index (χ0) is 22.6. The quantitative estimate of drug-likeness (QED) is 0.487. The Kier molecular flexibility index (Phi) is 5.68. The summed E-state index contributed by atoms with van der Waals surface area (Å²) in [5, 5.41) is 17.2. The maximum atomic E-state index is 9.59. The van der Waals surface area contributed by atoms with Crippen LogP contribution in [0.1, 0.15) is 30.7 Å². The molecule has 1 N–H and O–H groups in total. The smallest absolute Gasteiger partial charge is 0.227 e. The molecular formula is C25H24N8. The van der Waals surface area contributed by atoms with Gasteiger partial charge in [0, 0.05) is 30.5 Å². The zero-order valence-electron chi connectivity index (χ0n) is 18.4. The van der Waals surface area contributed by atoms with Crippen molar-refractivity contribution in [1.29, 1.82) is 5.26 Å². The van der Waals surface area contributed by atoms with E-state index in [0.717, 1.165) is 60.1 Å². The Hall–Kier alpha value is -4.25. The van der Waals surface area contributed by atoms with Crippen LogP contribution in [0.4, 0.5) is 17.3 Å². The van der Waals surface area contributed by atoms with Crippen molar-refractivity contribution in [2.24, 2.45) is 0 Å². The third-order valence-corrected chi connectivity index (χ3v) is 5.76. The van der Waals surface area contributed by atoms with Crippen molar-refractivity contribution in [1.82, 2.24) is 24.7 Å². The monoisotopic (exact) mass is 436 g/mol. The number of rotatable bonds is 5. The molecule has 0 radical (unpaired) electrons. The van der Waals surface area contributed by atoms with Crippen molar-refractivity contribution in [2.75, 3.05) is 23.3 Å². The van der Waals surface area contributed by atoms with Gasteiger partial charge >= 0.3 is 0 Å². The summed E-state index contributed by atoms with van der Waals surface area (Å²) in [6.45, 7) is 3.83. The van der Waals surface area contributed by atoms with Crippen LogP contribution >= 0.6 is 0 Å². The van der Waals surface area contributed by atoms with Crippen LogP contribution in [0.25, 0.3) is 16.9 Å². The summed E-state index contributed by atoms with van der Waals surface area (Å²) in [7, 11) is 0. The number of benzene rings is 2. The lowest BCUT2D eigenvalue weighted by Crippen LogP contribution is -2.30. The molecule has 2 aromatic carbocycles. The molecule has 0 spiro atoms. The van der Waals surface area contributed by atoms with Gasteiger partial charge in [0.2, 0.25) is 5.95 Å². The van der Waals surface area contributed by atoms with Gasteiger partial charge in [-0.1, -0.05) is 6.07 Å². The molecule has 4 aromatic rings. The first-order valence-corrected chi connectivity index (χ1v) is 11.1. The molecule has 1 fully saturated rings. The first-order chi connectivity index (χ1) is 16.2. The molecule has 0 aliphatic carbocycles. The molecule has 5 rings (SSSR count). The van der Waals surface area contributed by atoms with Crippen LogP contribution in [0.15, 0.2) is 61.1 Å². The van der Waals surface area contributed by atoms with Gasteiger partial charge in [0.1, 0.15) is 18.2 Å². The number of aromatic nitrogens is 5. The first kappa shape index (κ1) is 20.6. The summed E-state index contributed by atoms with van der Waals surface area (Å²) in [4.78, 5) is 15.6. The van der Waals surface area contributed by atoms with Gasteiger partial charge in [0.15, 0.2) is 0 Å². The molecule has 3 heterocycles. The number of nitrogens with one attached hydrogen (secondary N) is 1. The maximum absolute atomic E-state index is 9.59. The Morgan fingerprint density at radius 3 is 2.52 bits per heavy atom. The number of piperidine rings is 1. The molecule has 2 aromatic heterocycles. The van der Waals surface area contributed by atoms with E-state index < -0.39 is 0 Å². The largest absolute Gasteiger partial charge is 0.370 e. The molecule has 0 saturated carbocycles. The van der Waals surface area contributed by atoms with Crippen LogP contribution in [0, 0.1) is 18.3 Å². The number of hydrogen-bond donors (Lipinski definition) is 1. The van der Waals surface area contributed by atoms with Gasteiger partial charge in [0.25, 0.3) is 0 Å². The fraction of sp³-hybridized carbons (Fsp3) is 0.240. The summed E-state index contributed by atoms with van der Waals surface area (Å²) in [5.41, 5.74) is 5.28. The average molecular weight is 437 g/mol. The molecule has 1 aliphatic rings. The molecule has 164 valence electrons. The SMILES string of the molecule is Cc1ncn(-c2ccc(Nc3nccc(-c4ccc(C#N)c(N5CCCCC5)c4)n3)cc2)n1. The van der Waals surface area contributed by atoms with Gasteiger partial charge in [-0.05, 0) is 68.7 Å². The second kappa shape index (κ2) is 9.09. The number of anilines is 3. The van der Waals surface area contributed by atoms with Gasteiger partial charge in [0.05, 0.1) is 22.6 Å². The molecule has 8 heteroatoms. The molecule has 1 saturated heterocycles. The normalized spacial score (nSPS) is 13.5. The minimum absolute atomic E-state index is 0.515. The average Bonchev–Trinajstić information content (AvgIpc) is 3.31. The van der Waals surface area contributed by atoms with Gasteiger partial charge in [-0.15, -0.1) is 0 Å². The molecule has 0 atom stereocenters. The lowest BCUT2D eigenvalue weighted by atomic mass is 10.0. The van der Waals surface area contributed by atoms with Crippen molar-refractivity contribution in [2.45, 2.75) is 26.2 Å². The molecule has 0 amide bonds. The van der Waals surface area contributed by atoms with Crippen molar-refractivity contribution >= 4 is 17.3 Å². The van der Waals surface area contributed by atoms with Crippen molar-refractivity contribution in [3.8, 4) is 23.0 Å². The Labute approximate surface area is 192 Å². The third kappa shape index (κ3) is 4.53.